The highest BCUT2D eigenvalue weighted by atomic mass is 32.2. The van der Waals surface area contributed by atoms with Crippen LogP contribution in [0.4, 0.5) is 0 Å². The Hall–Kier alpha value is -2.19. The van der Waals surface area contributed by atoms with Gasteiger partial charge in [0.1, 0.15) is 0 Å². The summed E-state index contributed by atoms with van der Waals surface area (Å²) >= 11 is 0. The summed E-state index contributed by atoms with van der Waals surface area (Å²) < 4.78 is 2.37. The minimum absolute atomic E-state index is 0.0808. The Kier molecular flexibility index (Phi) is 3.62. The molecule has 0 fully saturated rings. The van der Waals surface area contributed by atoms with Gasteiger partial charge >= 0.3 is 0 Å². The number of thiol groups is 1. The van der Waals surface area contributed by atoms with Crippen molar-refractivity contribution in [1.82, 2.24) is 4.57 Å². The summed E-state index contributed by atoms with van der Waals surface area (Å²) in [6.45, 7) is 0. The number of hydrogen-bond donors (Lipinski definition) is 1. The zero-order valence-corrected chi connectivity index (χ0v) is 14.4. The standard InChI is InChI=1S/C21H21NS/c1-23(2)15-16-12-13-21-19(14-16)18-10-6-7-11-20(18)22(21)17-8-4-3-5-9-17/h3-14,23H,15H2,1-2H3. The Morgan fingerprint density at radius 1 is 0.739 bits per heavy atom. The SMILES string of the molecule is C[SH](C)Cc1ccc2c(c1)c1ccccc1n2-c1ccccc1. The monoisotopic (exact) mass is 319 g/mol. The molecule has 23 heavy (non-hydrogen) atoms. The maximum Gasteiger partial charge on any atom is 0.0541 e. The topological polar surface area (TPSA) is 4.93 Å². The summed E-state index contributed by atoms with van der Waals surface area (Å²) in [6.07, 6.45) is 4.68. The van der Waals surface area contributed by atoms with E-state index in [9.17, 15) is 0 Å². The predicted molar refractivity (Wildman–Crippen MR) is 105 cm³/mol. The van der Waals surface area contributed by atoms with E-state index in [0.29, 0.717) is 0 Å². The summed E-state index contributed by atoms with van der Waals surface area (Å²) in [6, 6.07) is 26.3. The summed E-state index contributed by atoms with van der Waals surface area (Å²) in [5.41, 5.74) is 5.24. The highest BCUT2D eigenvalue weighted by Gasteiger charge is 2.12. The molecule has 0 aliphatic rings. The molecular weight excluding hydrogens is 298 g/mol. The van der Waals surface area contributed by atoms with E-state index in [1.165, 1.54) is 38.8 Å². The Balaban J connectivity index is 2.05. The van der Waals surface area contributed by atoms with Crippen molar-refractivity contribution in [2.45, 2.75) is 5.75 Å². The number of nitrogens with zero attached hydrogens (tertiary/aromatic N) is 1. The van der Waals surface area contributed by atoms with Gasteiger partial charge in [-0.2, -0.15) is 0 Å². The third kappa shape index (κ3) is 2.53. The van der Waals surface area contributed by atoms with Crippen molar-refractivity contribution < 1.29 is 0 Å². The van der Waals surface area contributed by atoms with Crippen LogP contribution in [-0.4, -0.2) is 17.1 Å². The van der Waals surface area contributed by atoms with E-state index in [1.807, 2.05) is 0 Å². The van der Waals surface area contributed by atoms with Crippen LogP contribution in [0.25, 0.3) is 27.5 Å². The maximum atomic E-state index is 2.39. The van der Waals surface area contributed by atoms with Crippen LogP contribution in [0.1, 0.15) is 5.56 Å². The predicted octanol–water partition coefficient (Wildman–Crippen LogP) is 5.54. The first kappa shape index (κ1) is 14.4. The van der Waals surface area contributed by atoms with Crippen LogP contribution in [0.3, 0.4) is 0 Å². The lowest BCUT2D eigenvalue weighted by Crippen LogP contribution is -1.93. The maximum absolute atomic E-state index is 2.39. The van der Waals surface area contributed by atoms with Crippen molar-refractivity contribution in [2.75, 3.05) is 12.5 Å². The zero-order chi connectivity index (χ0) is 15.8. The fourth-order valence-electron chi connectivity index (χ4n) is 3.34. The largest absolute Gasteiger partial charge is 0.309 e. The molecule has 0 unspecified atom stereocenters. The molecule has 0 aliphatic carbocycles. The molecule has 1 heterocycles. The fraction of sp³-hybridized carbons (Fsp3) is 0.143. The lowest BCUT2D eigenvalue weighted by molar-refractivity contribution is 1.18. The molecule has 0 atom stereocenters. The molecule has 0 saturated heterocycles. The van der Waals surface area contributed by atoms with E-state index < -0.39 is 0 Å². The van der Waals surface area contributed by atoms with Crippen LogP contribution in [0.5, 0.6) is 0 Å². The number of benzene rings is 3. The van der Waals surface area contributed by atoms with Gasteiger partial charge in [-0.25, -0.2) is 0 Å². The average Bonchev–Trinajstić information content (AvgIpc) is 2.89. The number of aromatic nitrogens is 1. The molecule has 4 rings (SSSR count). The van der Waals surface area contributed by atoms with E-state index in [1.54, 1.807) is 0 Å². The minimum Gasteiger partial charge on any atom is -0.309 e. The first-order valence-corrected chi connectivity index (χ1v) is 10.4. The van der Waals surface area contributed by atoms with E-state index in [4.69, 9.17) is 0 Å². The Morgan fingerprint density at radius 2 is 1.43 bits per heavy atom. The van der Waals surface area contributed by atoms with Gasteiger partial charge in [0.2, 0.25) is 0 Å². The van der Waals surface area contributed by atoms with Crippen LogP contribution in [0, 0.1) is 0 Å². The molecule has 2 heteroatoms. The number of fused-ring (bicyclic) bond motifs is 3. The highest BCUT2D eigenvalue weighted by molar-refractivity contribution is 8.15. The molecule has 1 nitrogen and oxygen atoms in total. The van der Waals surface area contributed by atoms with Gasteiger partial charge in [0.15, 0.2) is 0 Å². The quantitative estimate of drug-likeness (QED) is 0.473. The Bertz CT molecular complexity index is 967. The highest BCUT2D eigenvalue weighted by Crippen LogP contribution is 2.33. The minimum atomic E-state index is 0.0808. The molecule has 0 amide bonds. The van der Waals surface area contributed by atoms with Gasteiger partial charge in [-0.15, -0.1) is 0 Å². The van der Waals surface area contributed by atoms with E-state index in [0.717, 1.165) is 0 Å². The Morgan fingerprint density at radius 3 is 2.22 bits per heavy atom. The van der Waals surface area contributed by atoms with Crippen LogP contribution >= 0.6 is 10.9 Å². The smallest absolute Gasteiger partial charge is 0.0541 e. The summed E-state index contributed by atoms with van der Waals surface area (Å²) in [5, 5.41) is 2.70. The van der Waals surface area contributed by atoms with E-state index in [-0.39, 0.29) is 10.9 Å². The van der Waals surface area contributed by atoms with Gasteiger partial charge in [0.05, 0.1) is 11.0 Å². The first-order valence-electron chi connectivity index (χ1n) is 7.96. The Labute approximate surface area is 139 Å². The second-order valence-electron chi connectivity index (χ2n) is 6.28. The van der Waals surface area contributed by atoms with Gasteiger partial charge in [0.25, 0.3) is 0 Å². The molecule has 0 aliphatic heterocycles. The third-order valence-electron chi connectivity index (χ3n) is 4.25. The van der Waals surface area contributed by atoms with Crippen LogP contribution in [0.2, 0.25) is 0 Å². The zero-order valence-electron chi connectivity index (χ0n) is 13.5. The molecule has 0 spiro atoms. The van der Waals surface area contributed by atoms with Crippen molar-refractivity contribution in [2.24, 2.45) is 0 Å². The van der Waals surface area contributed by atoms with Gasteiger partial charge < -0.3 is 4.57 Å². The van der Waals surface area contributed by atoms with Crippen molar-refractivity contribution in [3.63, 3.8) is 0 Å². The molecular formula is C21H21NS. The van der Waals surface area contributed by atoms with Crippen molar-refractivity contribution in [3.05, 3.63) is 78.4 Å². The van der Waals surface area contributed by atoms with Gasteiger partial charge in [0, 0.05) is 16.5 Å². The molecule has 0 radical (unpaired) electrons. The van der Waals surface area contributed by atoms with Crippen molar-refractivity contribution >= 4 is 32.7 Å². The number of para-hydroxylation sites is 2. The number of hydrogen-bond acceptors (Lipinski definition) is 0. The summed E-state index contributed by atoms with van der Waals surface area (Å²) in [4.78, 5) is 0. The van der Waals surface area contributed by atoms with E-state index in [2.05, 4.69) is 89.9 Å². The molecule has 116 valence electrons. The molecule has 3 aromatic carbocycles. The van der Waals surface area contributed by atoms with E-state index >= 15 is 0 Å². The van der Waals surface area contributed by atoms with Gasteiger partial charge in [-0.05, 0) is 54.2 Å². The molecule has 0 N–H and O–H groups in total. The second-order valence-corrected chi connectivity index (χ2v) is 8.75. The average molecular weight is 319 g/mol. The van der Waals surface area contributed by atoms with Crippen molar-refractivity contribution in [1.29, 1.82) is 0 Å². The summed E-state index contributed by atoms with van der Waals surface area (Å²) in [7, 11) is 0.0808. The lowest BCUT2D eigenvalue weighted by Gasteiger charge is -2.10. The second kappa shape index (κ2) is 5.78. The normalized spacial score (nSPS) is 12.0. The van der Waals surface area contributed by atoms with Gasteiger partial charge in [-0.1, -0.05) is 42.5 Å². The molecule has 0 bridgehead atoms. The number of rotatable bonds is 3. The third-order valence-corrected chi connectivity index (χ3v) is 5.25. The van der Waals surface area contributed by atoms with Crippen molar-refractivity contribution in [3.8, 4) is 5.69 Å². The molecule has 4 aromatic rings. The molecule has 0 saturated carbocycles. The summed E-state index contributed by atoms with van der Waals surface area (Å²) in [5.74, 6) is 1.19. The van der Waals surface area contributed by atoms with Crippen LogP contribution < -0.4 is 0 Å². The van der Waals surface area contributed by atoms with Gasteiger partial charge in [-0.3, -0.25) is 10.9 Å². The first-order chi connectivity index (χ1) is 11.2. The van der Waals surface area contributed by atoms with Crippen LogP contribution in [-0.2, 0) is 5.75 Å². The fourth-order valence-corrected chi connectivity index (χ4v) is 4.27. The molecule has 1 aromatic heterocycles. The van der Waals surface area contributed by atoms with Crippen LogP contribution in [0.15, 0.2) is 72.8 Å². The lowest BCUT2D eigenvalue weighted by atomic mass is 10.1.